The predicted octanol–water partition coefficient (Wildman–Crippen LogP) is 2.26. The second-order valence-electron chi connectivity index (χ2n) is 4.82. The van der Waals surface area contributed by atoms with Gasteiger partial charge in [0.25, 0.3) is 10.0 Å². The smallest absolute Gasteiger partial charge is 0.267 e. The molecule has 0 saturated heterocycles. The zero-order chi connectivity index (χ0) is 14.9. The van der Waals surface area contributed by atoms with Crippen LogP contribution in [-0.2, 0) is 22.9 Å². The summed E-state index contributed by atoms with van der Waals surface area (Å²) in [5.74, 6) is 0. The van der Waals surface area contributed by atoms with Crippen LogP contribution in [0.3, 0.4) is 0 Å². The Bertz CT molecular complexity index is 732. The fourth-order valence-corrected chi connectivity index (χ4v) is 4.81. The van der Waals surface area contributed by atoms with Crippen LogP contribution in [0.15, 0.2) is 23.4 Å². The first-order valence-electron chi connectivity index (χ1n) is 6.73. The number of hydrogen-bond acceptors (Lipinski definition) is 6. The number of thiazole rings is 1. The molecule has 3 rings (SSSR count). The molecular formula is C13H16N4O2S2. The average Bonchev–Trinajstić information content (AvgIpc) is 2.88. The standard InChI is InChI=1S/C13H16N4O2S2/c1-14-10-6-7-15-8-12(10)21(18,19)17-13-16-9-4-2-3-5-11(9)20-13/h6-8H,2-5H2,1H3,(H,14,15)(H,16,17). The first-order chi connectivity index (χ1) is 10.1. The van der Waals surface area contributed by atoms with Gasteiger partial charge in [-0.05, 0) is 31.7 Å². The molecule has 6 nitrogen and oxygen atoms in total. The van der Waals surface area contributed by atoms with Crippen LogP contribution < -0.4 is 10.0 Å². The van der Waals surface area contributed by atoms with Crippen LogP contribution in [0.25, 0.3) is 0 Å². The molecule has 0 radical (unpaired) electrons. The molecule has 1 aliphatic carbocycles. The lowest BCUT2D eigenvalue weighted by Gasteiger charge is -2.09. The number of rotatable bonds is 4. The van der Waals surface area contributed by atoms with Gasteiger partial charge < -0.3 is 5.32 Å². The molecule has 0 atom stereocenters. The molecule has 8 heteroatoms. The number of fused-ring (bicyclic) bond motifs is 1. The van der Waals surface area contributed by atoms with E-state index in [0.29, 0.717) is 10.8 Å². The first-order valence-corrected chi connectivity index (χ1v) is 9.03. The Labute approximate surface area is 127 Å². The monoisotopic (exact) mass is 324 g/mol. The summed E-state index contributed by atoms with van der Waals surface area (Å²) in [5, 5.41) is 3.30. The Balaban J connectivity index is 1.91. The Hall–Kier alpha value is -1.67. The molecule has 2 N–H and O–H groups in total. The molecule has 112 valence electrons. The summed E-state index contributed by atoms with van der Waals surface area (Å²) < 4.78 is 27.5. The van der Waals surface area contributed by atoms with E-state index in [1.807, 2.05) is 0 Å². The number of anilines is 2. The van der Waals surface area contributed by atoms with Crippen molar-refractivity contribution in [2.45, 2.75) is 30.6 Å². The topological polar surface area (TPSA) is 84.0 Å². The molecular weight excluding hydrogens is 308 g/mol. The second kappa shape index (κ2) is 5.61. The van der Waals surface area contributed by atoms with E-state index in [-0.39, 0.29) is 4.90 Å². The minimum Gasteiger partial charge on any atom is -0.387 e. The molecule has 0 amide bonds. The summed E-state index contributed by atoms with van der Waals surface area (Å²) >= 11 is 1.43. The maximum absolute atomic E-state index is 12.5. The van der Waals surface area contributed by atoms with Gasteiger partial charge in [0.1, 0.15) is 4.90 Å². The number of pyridine rings is 1. The molecule has 2 aromatic rings. The lowest BCUT2D eigenvalue weighted by molar-refractivity contribution is 0.601. The van der Waals surface area contributed by atoms with Crippen LogP contribution in [0.1, 0.15) is 23.4 Å². The van der Waals surface area contributed by atoms with Gasteiger partial charge in [0.2, 0.25) is 0 Å². The summed E-state index contributed by atoms with van der Waals surface area (Å²) in [6, 6.07) is 1.63. The largest absolute Gasteiger partial charge is 0.387 e. The maximum Gasteiger partial charge on any atom is 0.267 e. The minimum absolute atomic E-state index is 0.126. The van der Waals surface area contributed by atoms with Gasteiger partial charge in [0, 0.05) is 24.3 Å². The molecule has 0 bridgehead atoms. The Kier molecular flexibility index (Phi) is 3.81. The molecule has 0 saturated carbocycles. The predicted molar refractivity (Wildman–Crippen MR) is 83.3 cm³/mol. The van der Waals surface area contributed by atoms with Crippen LogP contribution in [0.4, 0.5) is 10.8 Å². The third-order valence-corrected chi connectivity index (χ3v) is 5.98. The van der Waals surface area contributed by atoms with Crippen LogP contribution in [0.2, 0.25) is 0 Å². The molecule has 2 heterocycles. The fraction of sp³-hybridized carbons (Fsp3) is 0.385. The number of aryl methyl sites for hydroxylation is 2. The van der Waals surface area contributed by atoms with Crippen molar-refractivity contribution in [1.29, 1.82) is 0 Å². The number of nitrogens with zero attached hydrogens (tertiary/aromatic N) is 2. The first kappa shape index (κ1) is 14.3. The van der Waals surface area contributed by atoms with Crippen molar-refractivity contribution in [2.24, 2.45) is 0 Å². The second-order valence-corrected chi connectivity index (χ2v) is 7.56. The zero-order valence-electron chi connectivity index (χ0n) is 11.6. The lowest BCUT2D eigenvalue weighted by Crippen LogP contribution is -2.15. The van der Waals surface area contributed by atoms with Crippen molar-refractivity contribution in [3.63, 3.8) is 0 Å². The van der Waals surface area contributed by atoms with Gasteiger partial charge in [-0.3, -0.25) is 9.71 Å². The number of sulfonamides is 1. The average molecular weight is 324 g/mol. The van der Waals surface area contributed by atoms with E-state index >= 15 is 0 Å². The highest BCUT2D eigenvalue weighted by Crippen LogP contribution is 2.31. The van der Waals surface area contributed by atoms with E-state index in [9.17, 15) is 8.42 Å². The van der Waals surface area contributed by atoms with E-state index in [2.05, 4.69) is 20.0 Å². The van der Waals surface area contributed by atoms with Gasteiger partial charge in [-0.1, -0.05) is 0 Å². The normalized spacial score (nSPS) is 14.5. The van der Waals surface area contributed by atoms with Crippen LogP contribution in [0, 0.1) is 0 Å². The minimum atomic E-state index is -3.68. The van der Waals surface area contributed by atoms with Gasteiger partial charge in [-0.2, -0.15) is 0 Å². The van der Waals surface area contributed by atoms with Crippen molar-refractivity contribution in [3.05, 3.63) is 29.0 Å². The van der Waals surface area contributed by atoms with Crippen molar-refractivity contribution < 1.29 is 8.42 Å². The highest BCUT2D eigenvalue weighted by Gasteiger charge is 2.22. The maximum atomic E-state index is 12.5. The summed E-state index contributed by atoms with van der Waals surface area (Å²) in [5.41, 5.74) is 1.54. The third-order valence-electron chi connectivity index (χ3n) is 3.41. The van der Waals surface area contributed by atoms with Crippen LogP contribution in [0.5, 0.6) is 0 Å². The fourth-order valence-electron chi connectivity index (χ4n) is 2.37. The van der Waals surface area contributed by atoms with Crippen molar-refractivity contribution in [1.82, 2.24) is 9.97 Å². The van der Waals surface area contributed by atoms with Gasteiger partial charge in [-0.15, -0.1) is 11.3 Å². The molecule has 1 aliphatic rings. The lowest BCUT2D eigenvalue weighted by atomic mass is 10.0. The zero-order valence-corrected chi connectivity index (χ0v) is 13.2. The molecule has 2 aromatic heterocycles. The summed E-state index contributed by atoms with van der Waals surface area (Å²) in [4.78, 5) is 9.61. The van der Waals surface area contributed by atoms with E-state index in [0.717, 1.165) is 31.4 Å². The molecule has 0 unspecified atom stereocenters. The van der Waals surface area contributed by atoms with E-state index in [1.54, 1.807) is 19.3 Å². The SMILES string of the molecule is CNc1ccncc1S(=O)(=O)Nc1nc2c(s1)CCCC2. The molecule has 0 fully saturated rings. The van der Waals surface area contributed by atoms with Gasteiger partial charge in [0.15, 0.2) is 5.13 Å². The number of nitrogens with one attached hydrogen (secondary N) is 2. The van der Waals surface area contributed by atoms with Gasteiger partial charge >= 0.3 is 0 Å². The number of aromatic nitrogens is 2. The molecule has 21 heavy (non-hydrogen) atoms. The molecule has 0 spiro atoms. The van der Waals surface area contributed by atoms with E-state index < -0.39 is 10.0 Å². The Morgan fingerprint density at radius 1 is 1.29 bits per heavy atom. The summed E-state index contributed by atoms with van der Waals surface area (Å²) in [6.07, 6.45) is 7.07. The van der Waals surface area contributed by atoms with E-state index in [4.69, 9.17) is 0 Å². The third kappa shape index (κ3) is 2.86. The Morgan fingerprint density at radius 3 is 2.86 bits per heavy atom. The summed E-state index contributed by atoms with van der Waals surface area (Å²) in [7, 11) is -2.01. The summed E-state index contributed by atoms with van der Waals surface area (Å²) in [6.45, 7) is 0. The van der Waals surface area contributed by atoms with Crippen LogP contribution in [-0.4, -0.2) is 25.4 Å². The Morgan fingerprint density at radius 2 is 2.10 bits per heavy atom. The van der Waals surface area contributed by atoms with Gasteiger partial charge in [-0.25, -0.2) is 13.4 Å². The number of hydrogen-bond donors (Lipinski definition) is 2. The molecule has 0 aromatic carbocycles. The highest BCUT2D eigenvalue weighted by atomic mass is 32.2. The highest BCUT2D eigenvalue weighted by molar-refractivity contribution is 7.93. The molecule has 0 aliphatic heterocycles. The van der Waals surface area contributed by atoms with E-state index in [1.165, 1.54) is 22.4 Å². The van der Waals surface area contributed by atoms with Crippen LogP contribution >= 0.6 is 11.3 Å². The van der Waals surface area contributed by atoms with Crippen molar-refractivity contribution in [2.75, 3.05) is 17.1 Å². The van der Waals surface area contributed by atoms with Crippen molar-refractivity contribution >= 4 is 32.2 Å². The quantitative estimate of drug-likeness (QED) is 0.901. The van der Waals surface area contributed by atoms with Crippen molar-refractivity contribution in [3.8, 4) is 0 Å². The van der Waals surface area contributed by atoms with Gasteiger partial charge in [0.05, 0.1) is 11.4 Å².